The lowest BCUT2D eigenvalue weighted by Gasteiger charge is -2.03. The molecule has 0 unspecified atom stereocenters. The van der Waals surface area contributed by atoms with Gasteiger partial charge in [-0.15, -0.1) is 0 Å². The van der Waals surface area contributed by atoms with Crippen molar-refractivity contribution in [2.24, 2.45) is 10.7 Å². The van der Waals surface area contributed by atoms with Crippen LogP contribution in [0.25, 0.3) is 0 Å². The van der Waals surface area contributed by atoms with Gasteiger partial charge in [0.25, 0.3) is 0 Å². The fraction of sp³-hybridized carbons (Fsp3) is 0.857. The molecule has 84 valence electrons. The van der Waals surface area contributed by atoms with E-state index in [1.54, 1.807) is 6.92 Å². The number of rotatable bonds is 6. The number of nitrogens with two attached hydrogens (primary N) is 1. The summed E-state index contributed by atoms with van der Waals surface area (Å²) < 4.78 is 24.6. The van der Waals surface area contributed by atoms with Crippen LogP contribution >= 0.6 is 0 Å². The molecule has 6 nitrogen and oxygen atoms in total. The van der Waals surface area contributed by atoms with E-state index in [0.29, 0.717) is 13.1 Å². The average molecular weight is 222 g/mol. The second kappa shape index (κ2) is 6.61. The average Bonchev–Trinajstić information content (AvgIpc) is 2.03. The summed E-state index contributed by atoms with van der Waals surface area (Å²) in [5, 5.41) is 2.78. The predicted molar refractivity (Wildman–Crippen MR) is 57.6 cm³/mol. The van der Waals surface area contributed by atoms with E-state index in [1.165, 1.54) is 0 Å². The van der Waals surface area contributed by atoms with Crippen molar-refractivity contribution in [1.82, 2.24) is 10.0 Å². The highest BCUT2D eigenvalue weighted by atomic mass is 32.2. The molecule has 0 saturated heterocycles. The number of nitrogens with one attached hydrogen (secondary N) is 2. The topological polar surface area (TPSA) is 96.6 Å². The first-order valence-corrected chi connectivity index (χ1v) is 6.18. The normalized spacial score (nSPS) is 12.9. The van der Waals surface area contributed by atoms with Crippen LogP contribution < -0.4 is 15.8 Å². The van der Waals surface area contributed by atoms with E-state index in [0.717, 1.165) is 0 Å². The Balaban J connectivity index is 3.89. The van der Waals surface area contributed by atoms with Crippen LogP contribution in [0.15, 0.2) is 4.99 Å². The zero-order chi connectivity index (χ0) is 11.0. The number of sulfonamides is 1. The SMILES string of the molecule is CCNC(N)=NCCS(=O)(=O)NCC. The maximum absolute atomic E-state index is 11.1. The Labute approximate surface area is 85.0 Å². The van der Waals surface area contributed by atoms with Gasteiger partial charge in [0.2, 0.25) is 10.0 Å². The lowest BCUT2D eigenvalue weighted by molar-refractivity contribution is 0.584. The molecule has 0 rings (SSSR count). The summed E-state index contributed by atoms with van der Waals surface area (Å²) in [7, 11) is -3.18. The molecule has 0 saturated carbocycles. The number of aliphatic imine (C=N–C) groups is 1. The van der Waals surface area contributed by atoms with E-state index >= 15 is 0 Å². The predicted octanol–water partition coefficient (Wildman–Crippen LogP) is -1.15. The summed E-state index contributed by atoms with van der Waals surface area (Å²) in [6, 6.07) is 0. The van der Waals surface area contributed by atoms with E-state index in [1.807, 2.05) is 6.92 Å². The fourth-order valence-electron chi connectivity index (χ4n) is 0.815. The molecule has 0 amide bonds. The van der Waals surface area contributed by atoms with Crippen molar-refractivity contribution in [3.8, 4) is 0 Å². The lowest BCUT2D eigenvalue weighted by Crippen LogP contribution is -2.33. The third kappa shape index (κ3) is 6.67. The zero-order valence-electron chi connectivity index (χ0n) is 8.58. The first-order valence-electron chi connectivity index (χ1n) is 4.53. The minimum atomic E-state index is -3.18. The minimum Gasteiger partial charge on any atom is -0.370 e. The number of guanidine groups is 1. The molecule has 0 atom stereocenters. The van der Waals surface area contributed by atoms with Gasteiger partial charge in [0.1, 0.15) is 0 Å². The number of hydrogen-bond acceptors (Lipinski definition) is 3. The van der Waals surface area contributed by atoms with Gasteiger partial charge in [-0.1, -0.05) is 6.92 Å². The number of hydrogen-bond donors (Lipinski definition) is 3. The van der Waals surface area contributed by atoms with Gasteiger partial charge in [-0.25, -0.2) is 13.1 Å². The Hall–Kier alpha value is -0.820. The van der Waals surface area contributed by atoms with Crippen LogP contribution in [-0.4, -0.2) is 39.8 Å². The molecule has 0 aromatic carbocycles. The van der Waals surface area contributed by atoms with E-state index in [9.17, 15) is 8.42 Å². The first-order chi connectivity index (χ1) is 6.52. The molecule has 0 aliphatic carbocycles. The maximum atomic E-state index is 11.1. The van der Waals surface area contributed by atoms with Crippen molar-refractivity contribution in [3.63, 3.8) is 0 Å². The smallest absolute Gasteiger partial charge is 0.213 e. The first kappa shape index (κ1) is 13.2. The Morgan fingerprint density at radius 1 is 1.36 bits per heavy atom. The largest absolute Gasteiger partial charge is 0.370 e. The molecule has 0 radical (unpaired) electrons. The van der Waals surface area contributed by atoms with Crippen LogP contribution in [0.1, 0.15) is 13.8 Å². The van der Waals surface area contributed by atoms with Gasteiger partial charge in [0.05, 0.1) is 12.3 Å². The Morgan fingerprint density at radius 2 is 2.00 bits per heavy atom. The van der Waals surface area contributed by atoms with Gasteiger partial charge in [-0.05, 0) is 6.92 Å². The summed E-state index contributed by atoms with van der Waals surface area (Å²) in [5.74, 6) is 0.242. The molecule has 0 aliphatic rings. The van der Waals surface area contributed by atoms with E-state index in [2.05, 4.69) is 15.0 Å². The molecule has 0 spiro atoms. The van der Waals surface area contributed by atoms with Crippen LogP contribution in [0.4, 0.5) is 0 Å². The van der Waals surface area contributed by atoms with Gasteiger partial charge >= 0.3 is 0 Å². The van der Waals surface area contributed by atoms with Crippen LogP contribution in [0.5, 0.6) is 0 Å². The standard InChI is InChI=1S/C7H18N4O2S/c1-3-9-7(8)10-5-6-14(12,13)11-4-2/h11H,3-6H2,1-2H3,(H3,8,9,10). The highest BCUT2D eigenvalue weighted by Gasteiger charge is 2.06. The van der Waals surface area contributed by atoms with Gasteiger partial charge < -0.3 is 11.1 Å². The monoisotopic (exact) mass is 222 g/mol. The summed E-state index contributed by atoms with van der Waals surface area (Å²) in [6.45, 7) is 4.86. The molecular weight excluding hydrogens is 204 g/mol. The fourth-order valence-corrected chi connectivity index (χ4v) is 1.73. The quantitative estimate of drug-likeness (QED) is 0.390. The van der Waals surface area contributed by atoms with Gasteiger partial charge in [0, 0.05) is 13.1 Å². The summed E-state index contributed by atoms with van der Waals surface area (Å²) in [4.78, 5) is 3.85. The van der Waals surface area contributed by atoms with Crippen molar-refractivity contribution in [2.45, 2.75) is 13.8 Å². The molecule has 0 heterocycles. The van der Waals surface area contributed by atoms with E-state index in [4.69, 9.17) is 5.73 Å². The van der Waals surface area contributed by atoms with E-state index < -0.39 is 10.0 Å². The highest BCUT2D eigenvalue weighted by Crippen LogP contribution is 1.83. The van der Waals surface area contributed by atoms with Gasteiger partial charge in [-0.3, -0.25) is 4.99 Å². The molecule has 0 aromatic rings. The molecule has 14 heavy (non-hydrogen) atoms. The molecule has 0 fully saturated rings. The van der Waals surface area contributed by atoms with Crippen LogP contribution in [0, 0.1) is 0 Å². The van der Waals surface area contributed by atoms with Crippen molar-refractivity contribution in [2.75, 3.05) is 25.4 Å². The van der Waals surface area contributed by atoms with Crippen molar-refractivity contribution in [1.29, 1.82) is 0 Å². The van der Waals surface area contributed by atoms with Gasteiger partial charge in [-0.2, -0.15) is 0 Å². The molecule has 0 bridgehead atoms. The van der Waals surface area contributed by atoms with Crippen molar-refractivity contribution in [3.05, 3.63) is 0 Å². The zero-order valence-corrected chi connectivity index (χ0v) is 9.39. The summed E-state index contributed by atoms with van der Waals surface area (Å²) >= 11 is 0. The third-order valence-corrected chi connectivity index (χ3v) is 2.81. The summed E-state index contributed by atoms with van der Waals surface area (Å²) in [5.41, 5.74) is 5.41. The molecule has 4 N–H and O–H groups in total. The highest BCUT2D eigenvalue weighted by molar-refractivity contribution is 7.89. The third-order valence-electron chi connectivity index (χ3n) is 1.36. The second-order valence-electron chi connectivity index (χ2n) is 2.61. The molecule has 0 aliphatic heterocycles. The van der Waals surface area contributed by atoms with Crippen LogP contribution in [0.2, 0.25) is 0 Å². The Kier molecular flexibility index (Phi) is 6.22. The van der Waals surface area contributed by atoms with Crippen LogP contribution in [-0.2, 0) is 10.0 Å². The Bertz CT molecular complexity index is 273. The minimum absolute atomic E-state index is 0.0348. The number of nitrogens with zero attached hydrogens (tertiary/aromatic N) is 1. The van der Waals surface area contributed by atoms with Crippen molar-refractivity contribution < 1.29 is 8.42 Å². The second-order valence-corrected chi connectivity index (χ2v) is 4.54. The summed E-state index contributed by atoms with van der Waals surface area (Å²) in [6.07, 6.45) is 0. The molecule has 7 heteroatoms. The molecule has 0 aromatic heterocycles. The molecular formula is C7H18N4O2S. The van der Waals surface area contributed by atoms with Gasteiger partial charge in [0.15, 0.2) is 5.96 Å². The lowest BCUT2D eigenvalue weighted by atomic mass is 10.7. The maximum Gasteiger partial charge on any atom is 0.213 e. The van der Waals surface area contributed by atoms with Crippen LogP contribution in [0.3, 0.4) is 0 Å². The van der Waals surface area contributed by atoms with Crippen molar-refractivity contribution >= 4 is 16.0 Å². The Morgan fingerprint density at radius 3 is 2.50 bits per heavy atom. The van der Waals surface area contributed by atoms with E-state index in [-0.39, 0.29) is 18.3 Å².